The fourth-order valence-corrected chi connectivity index (χ4v) is 1.55. The van der Waals surface area contributed by atoms with E-state index in [2.05, 4.69) is 20.6 Å². The first-order valence-corrected chi connectivity index (χ1v) is 5.49. The summed E-state index contributed by atoms with van der Waals surface area (Å²) in [6.45, 7) is 3.43. The van der Waals surface area contributed by atoms with Crippen molar-refractivity contribution >= 4 is 17.4 Å². The molecular weight excluding hydrogens is 232 g/mol. The van der Waals surface area contributed by atoms with E-state index in [0.717, 1.165) is 5.82 Å². The summed E-state index contributed by atoms with van der Waals surface area (Å²) in [5.74, 6) is 1.11. The van der Waals surface area contributed by atoms with Gasteiger partial charge in [-0.1, -0.05) is 0 Å². The molecule has 0 fully saturated rings. The Kier molecular flexibility index (Phi) is 3.27. The van der Waals surface area contributed by atoms with E-state index in [1.54, 1.807) is 39.2 Å². The topological polar surface area (TPSA) is 80.0 Å². The van der Waals surface area contributed by atoms with Gasteiger partial charge in [-0.05, 0) is 19.1 Å². The minimum Gasteiger partial charge on any atom is -0.436 e. The number of pyridine rings is 1. The molecule has 2 aromatic rings. The van der Waals surface area contributed by atoms with Crippen molar-refractivity contribution in [2.75, 3.05) is 17.7 Å². The average molecular weight is 246 g/mol. The maximum atomic E-state index is 11.9. The number of anilines is 2. The molecule has 0 spiro atoms. The molecule has 94 valence electrons. The third kappa shape index (κ3) is 2.48. The number of hydrogen-bond donors (Lipinski definition) is 2. The number of rotatable bonds is 3. The predicted octanol–water partition coefficient (Wildman–Crippen LogP) is 1.98. The standard InChI is InChI=1S/C12H14N4O2/c1-7-11(18-8(2)15-7)12(17)16-9-4-5-10(13-3)14-6-9/h4-6H,1-3H3,(H,13,14)(H,16,17). The normalized spacial score (nSPS) is 10.2. The summed E-state index contributed by atoms with van der Waals surface area (Å²) in [6.07, 6.45) is 1.57. The highest BCUT2D eigenvalue weighted by Gasteiger charge is 2.15. The van der Waals surface area contributed by atoms with Gasteiger partial charge in [0.2, 0.25) is 5.76 Å². The van der Waals surface area contributed by atoms with Gasteiger partial charge in [0.05, 0.1) is 17.6 Å². The van der Waals surface area contributed by atoms with E-state index < -0.39 is 0 Å². The summed E-state index contributed by atoms with van der Waals surface area (Å²) in [6, 6.07) is 3.53. The molecular formula is C12H14N4O2. The molecule has 2 N–H and O–H groups in total. The van der Waals surface area contributed by atoms with Crippen molar-refractivity contribution in [3.8, 4) is 0 Å². The van der Waals surface area contributed by atoms with Gasteiger partial charge < -0.3 is 15.1 Å². The number of amides is 1. The third-order valence-electron chi connectivity index (χ3n) is 2.39. The molecule has 0 saturated carbocycles. The minimum absolute atomic E-state index is 0.227. The lowest BCUT2D eigenvalue weighted by Crippen LogP contribution is -2.12. The van der Waals surface area contributed by atoms with Gasteiger partial charge in [-0.3, -0.25) is 4.79 Å². The fraction of sp³-hybridized carbons (Fsp3) is 0.250. The predicted molar refractivity (Wildman–Crippen MR) is 67.7 cm³/mol. The summed E-state index contributed by atoms with van der Waals surface area (Å²) in [4.78, 5) is 20.1. The number of carbonyl (C=O) groups excluding carboxylic acids is 1. The van der Waals surface area contributed by atoms with Crippen LogP contribution in [0.5, 0.6) is 0 Å². The van der Waals surface area contributed by atoms with Gasteiger partial charge in [0.1, 0.15) is 5.82 Å². The second-order valence-electron chi connectivity index (χ2n) is 3.78. The van der Waals surface area contributed by atoms with Gasteiger partial charge in [0, 0.05) is 14.0 Å². The van der Waals surface area contributed by atoms with E-state index in [1.807, 2.05) is 0 Å². The second kappa shape index (κ2) is 4.87. The van der Waals surface area contributed by atoms with Crippen molar-refractivity contribution in [1.82, 2.24) is 9.97 Å². The lowest BCUT2D eigenvalue weighted by molar-refractivity contribution is 0.0994. The van der Waals surface area contributed by atoms with Crippen LogP contribution < -0.4 is 10.6 Å². The highest BCUT2D eigenvalue weighted by molar-refractivity contribution is 6.02. The van der Waals surface area contributed by atoms with Crippen LogP contribution in [0.2, 0.25) is 0 Å². The molecule has 6 heteroatoms. The minimum atomic E-state index is -0.327. The van der Waals surface area contributed by atoms with E-state index >= 15 is 0 Å². The quantitative estimate of drug-likeness (QED) is 0.865. The molecule has 6 nitrogen and oxygen atoms in total. The molecule has 0 bridgehead atoms. The molecule has 0 aromatic carbocycles. The number of oxazole rings is 1. The molecule has 0 atom stereocenters. The first kappa shape index (κ1) is 12.1. The largest absolute Gasteiger partial charge is 0.436 e. The van der Waals surface area contributed by atoms with Gasteiger partial charge in [0.25, 0.3) is 5.91 Å². The van der Waals surface area contributed by atoms with Crippen LogP contribution in [0.1, 0.15) is 22.1 Å². The smallest absolute Gasteiger partial charge is 0.293 e. The Labute approximate surface area is 104 Å². The van der Waals surface area contributed by atoms with Crippen LogP contribution in [-0.2, 0) is 0 Å². The highest BCUT2D eigenvalue weighted by Crippen LogP contribution is 2.14. The lowest BCUT2D eigenvalue weighted by atomic mass is 10.3. The summed E-state index contributed by atoms with van der Waals surface area (Å²) in [5.41, 5.74) is 1.18. The highest BCUT2D eigenvalue weighted by atomic mass is 16.4. The maximum absolute atomic E-state index is 11.9. The number of hydrogen-bond acceptors (Lipinski definition) is 5. The molecule has 1 amide bonds. The second-order valence-corrected chi connectivity index (χ2v) is 3.78. The summed E-state index contributed by atoms with van der Waals surface area (Å²) in [7, 11) is 1.78. The van der Waals surface area contributed by atoms with Crippen LogP contribution in [0.4, 0.5) is 11.5 Å². The fourth-order valence-electron chi connectivity index (χ4n) is 1.55. The zero-order chi connectivity index (χ0) is 13.1. The molecule has 2 heterocycles. The van der Waals surface area contributed by atoms with Crippen molar-refractivity contribution in [1.29, 1.82) is 0 Å². The summed E-state index contributed by atoms with van der Waals surface area (Å²) in [5, 5.41) is 5.60. The molecule has 18 heavy (non-hydrogen) atoms. The van der Waals surface area contributed by atoms with Crippen LogP contribution in [0.3, 0.4) is 0 Å². The van der Waals surface area contributed by atoms with Crippen LogP contribution >= 0.6 is 0 Å². The van der Waals surface area contributed by atoms with Crippen LogP contribution in [0, 0.1) is 13.8 Å². The zero-order valence-electron chi connectivity index (χ0n) is 10.4. The van der Waals surface area contributed by atoms with E-state index in [9.17, 15) is 4.79 Å². The number of aromatic nitrogens is 2. The number of carbonyl (C=O) groups is 1. The Morgan fingerprint density at radius 1 is 1.33 bits per heavy atom. The maximum Gasteiger partial charge on any atom is 0.293 e. The van der Waals surface area contributed by atoms with Crippen molar-refractivity contribution in [3.63, 3.8) is 0 Å². The Morgan fingerprint density at radius 2 is 2.11 bits per heavy atom. The number of nitrogens with one attached hydrogen (secondary N) is 2. The van der Waals surface area contributed by atoms with Crippen LogP contribution in [0.25, 0.3) is 0 Å². The Balaban J connectivity index is 2.13. The van der Waals surface area contributed by atoms with Gasteiger partial charge in [-0.15, -0.1) is 0 Å². The SMILES string of the molecule is CNc1ccc(NC(=O)c2oc(C)nc2C)cn1. The first-order valence-electron chi connectivity index (χ1n) is 5.49. The lowest BCUT2D eigenvalue weighted by Gasteiger charge is -2.04. The molecule has 0 aliphatic carbocycles. The molecule has 2 rings (SSSR count). The van der Waals surface area contributed by atoms with E-state index in [1.165, 1.54) is 0 Å². The molecule has 0 radical (unpaired) electrons. The van der Waals surface area contributed by atoms with Crippen LogP contribution in [0.15, 0.2) is 22.7 Å². The molecule has 0 saturated heterocycles. The van der Waals surface area contributed by atoms with E-state index in [4.69, 9.17) is 4.42 Å². The van der Waals surface area contributed by atoms with Crippen molar-refractivity contribution in [3.05, 3.63) is 35.7 Å². The summed E-state index contributed by atoms with van der Waals surface area (Å²) < 4.78 is 5.24. The van der Waals surface area contributed by atoms with Gasteiger partial charge in [0.15, 0.2) is 5.89 Å². The molecule has 0 unspecified atom stereocenters. The van der Waals surface area contributed by atoms with Gasteiger partial charge in [-0.25, -0.2) is 9.97 Å². The summed E-state index contributed by atoms with van der Waals surface area (Å²) >= 11 is 0. The van der Waals surface area contributed by atoms with E-state index in [-0.39, 0.29) is 11.7 Å². The Morgan fingerprint density at radius 3 is 2.61 bits per heavy atom. The Hall–Kier alpha value is -2.37. The monoisotopic (exact) mass is 246 g/mol. The number of nitrogens with zero attached hydrogens (tertiary/aromatic N) is 2. The van der Waals surface area contributed by atoms with Crippen molar-refractivity contribution < 1.29 is 9.21 Å². The zero-order valence-corrected chi connectivity index (χ0v) is 10.4. The van der Waals surface area contributed by atoms with Crippen molar-refractivity contribution in [2.24, 2.45) is 0 Å². The molecule has 0 aliphatic rings. The van der Waals surface area contributed by atoms with E-state index in [0.29, 0.717) is 17.3 Å². The third-order valence-corrected chi connectivity index (χ3v) is 2.39. The first-order chi connectivity index (χ1) is 8.60. The molecule has 2 aromatic heterocycles. The average Bonchev–Trinajstić information content (AvgIpc) is 2.69. The molecule has 0 aliphatic heterocycles. The van der Waals surface area contributed by atoms with Gasteiger partial charge in [-0.2, -0.15) is 0 Å². The van der Waals surface area contributed by atoms with Crippen LogP contribution in [-0.4, -0.2) is 22.9 Å². The number of aryl methyl sites for hydroxylation is 2. The van der Waals surface area contributed by atoms with Crippen molar-refractivity contribution in [2.45, 2.75) is 13.8 Å². The van der Waals surface area contributed by atoms with Gasteiger partial charge >= 0.3 is 0 Å². The Bertz CT molecular complexity index is 560.